The average molecular weight is 256 g/mol. The Morgan fingerprint density at radius 1 is 1.22 bits per heavy atom. The Morgan fingerprint density at radius 2 is 1.44 bits per heavy atom. The Kier molecular flexibility index (Phi) is 42.4. The molecule has 0 aromatic carbocycles. The van der Waals surface area contributed by atoms with Gasteiger partial charge in [-0.3, -0.25) is 0 Å². The summed E-state index contributed by atoms with van der Waals surface area (Å²) in [6, 6.07) is 0. The van der Waals surface area contributed by atoms with Crippen LogP contribution in [0.5, 0.6) is 0 Å². The van der Waals surface area contributed by atoms with E-state index in [1.54, 1.807) is 0 Å². The van der Waals surface area contributed by atoms with Crippen LogP contribution in [0.2, 0.25) is 0 Å². The molecule has 1 nitrogen and oxygen atoms in total. The van der Waals surface area contributed by atoms with Crippen LogP contribution in [-0.4, -0.2) is 40.7 Å². The molecule has 0 heterocycles. The van der Waals surface area contributed by atoms with Gasteiger partial charge in [0.05, 0.1) is 0 Å². The molecule has 0 bridgehead atoms. The maximum Gasteiger partial charge on any atom is 2.00 e. The Morgan fingerprint density at radius 3 is 1.44 bits per heavy atom. The van der Waals surface area contributed by atoms with Crippen molar-refractivity contribution in [1.29, 1.82) is 0 Å². The third-order valence-corrected chi connectivity index (χ3v) is 0.408. The second-order valence-corrected chi connectivity index (χ2v) is 2.57. The predicted molar refractivity (Wildman–Crippen MR) is 54.7 cm³/mol. The summed E-state index contributed by atoms with van der Waals surface area (Å²) in [6.45, 7) is 7.78. The second-order valence-electron chi connectivity index (χ2n) is 1.05. The summed E-state index contributed by atoms with van der Waals surface area (Å²) in [7, 11) is 0. The van der Waals surface area contributed by atoms with E-state index in [-0.39, 0.29) is 25.9 Å². The van der Waals surface area contributed by atoms with Crippen molar-refractivity contribution in [3.05, 3.63) is 0 Å². The van der Waals surface area contributed by atoms with Gasteiger partial charge in [-0.2, -0.15) is 0 Å². The van der Waals surface area contributed by atoms with Crippen molar-refractivity contribution >= 4 is 45.6 Å². The first-order valence-corrected chi connectivity index (χ1v) is 4.49. The summed E-state index contributed by atoms with van der Waals surface area (Å²) in [5.41, 5.74) is 0. The Bertz CT molecular complexity index is 34.5. The zero-order chi connectivity index (χ0) is 6.83. The summed E-state index contributed by atoms with van der Waals surface area (Å²) in [5, 5.41) is 0. The smallest absolute Gasteiger partial charge is 1.00 e. The van der Waals surface area contributed by atoms with E-state index in [2.05, 4.69) is 29.5 Å². The largest absolute Gasteiger partial charge is 2.00 e. The number of hydrogen-bond acceptors (Lipinski definition) is 1. The third-order valence-electron chi connectivity index (χ3n) is 0.408. The van der Waals surface area contributed by atoms with Gasteiger partial charge in [-0.1, -0.05) is 29.5 Å². The first-order valence-electron chi connectivity index (χ1n) is 2.97. The standard InChI is InChI=1S/C4H10O.C2H5I.Mg.2H/c1-3-5-4-2;1-2-3;;;/h3-4H2,1-2H3;2H2,1H3;;;/q;;+2;2*-1. The van der Waals surface area contributed by atoms with Crippen molar-refractivity contribution < 1.29 is 7.59 Å². The number of rotatable bonds is 2. The summed E-state index contributed by atoms with van der Waals surface area (Å²) in [6.07, 6.45) is 0. The van der Waals surface area contributed by atoms with Crippen molar-refractivity contribution in [2.45, 2.75) is 20.8 Å². The van der Waals surface area contributed by atoms with Gasteiger partial charge in [0.25, 0.3) is 0 Å². The van der Waals surface area contributed by atoms with E-state index in [1.807, 2.05) is 13.8 Å². The fourth-order valence-corrected chi connectivity index (χ4v) is 0.204. The number of alkyl halides is 1. The molecule has 3 heteroatoms. The quantitative estimate of drug-likeness (QED) is 0.418. The molecule has 0 aromatic heterocycles. The maximum atomic E-state index is 4.83. The molecule has 0 aromatic rings. The fraction of sp³-hybridized carbons (Fsp3) is 1.00. The van der Waals surface area contributed by atoms with Crippen LogP contribution in [0.1, 0.15) is 23.6 Å². The van der Waals surface area contributed by atoms with E-state index < -0.39 is 0 Å². The Hall–Kier alpha value is 1.46. The molecular formula is C6H17IMgO. The SMILES string of the molecule is CCI.CCOCC.[H-].[H-].[Mg+2]. The summed E-state index contributed by atoms with van der Waals surface area (Å²) in [5.74, 6) is 0. The minimum atomic E-state index is 0. The molecule has 0 rings (SSSR count). The molecule has 0 N–H and O–H groups in total. The minimum Gasteiger partial charge on any atom is -1.00 e. The van der Waals surface area contributed by atoms with Gasteiger partial charge in [0.1, 0.15) is 0 Å². The molecule has 0 radical (unpaired) electrons. The molecule has 0 unspecified atom stereocenters. The van der Waals surface area contributed by atoms with Crippen molar-refractivity contribution in [3.8, 4) is 0 Å². The molecule has 56 valence electrons. The van der Waals surface area contributed by atoms with Crippen molar-refractivity contribution in [2.75, 3.05) is 17.6 Å². The van der Waals surface area contributed by atoms with Gasteiger partial charge in [0.15, 0.2) is 0 Å². The van der Waals surface area contributed by atoms with Gasteiger partial charge in [0.2, 0.25) is 0 Å². The first kappa shape index (κ1) is 16.8. The van der Waals surface area contributed by atoms with Gasteiger partial charge < -0.3 is 7.59 Å². The first-order chi connectivity index (χ1) is 3.83. The van der Waals surface area contributed by atoms with Crippen molar-refractivity contribution in [2.24, 2.45) is 0 Å². The average Bonchev–Trinajstić information content (AvgIpc) is 1.71. The van der Waals surface area contributed by atoms with Crippen LogP contribution in [0.3, 0.4) is 0 Å². The summed E-state index contributed by atoms with van der Waals surface area (Å²) < 4.78 is 6.05. The van der Waals surface area contributed by atoms with Crippen LogP contribution >= 0.6 is 22.6 Å². The number of ether oxygens (including phenoxy) is 1. The van der Waals surface area contributed by atoms with Crippen LogP contribution in [0.25, 0.3) is 0 Å². The van der Waals surface area contributed by atoms with E-state index in [1.165, 1.54) is 4.43 Å². The van der Waals surface area contributed by atoms with Gasteiger partial charge >= 0.3 is 23.1 Å². The molecule has 0 atom stereocenters. The van der Waals surface area contributed by atoms with Crippen LogP contribution < -0.4 is 0 Å². The van der Waals surface area contributed by atoms with E-state index in [0.717, 1.165) is 13.2 Å². The van der Waals surface area contributed by atoms with Crippen LogP contribution in [-0.2, 0) is 4.74 Å². The van der Waals surface area contributed by atoms with Crippen LogP contribution in [0.15, 0.2) is 0 Å². The molecule has 9 heavy (non-hydrogen) atoms. The second kappa shape index (κ2) is 22.7. The number of hydrogen-bond donors (Lipinski definition) is 0. The maximum absolute atomic E-state index is 4.83. The van der Waals surface area contributed by atoms with Gasteiger partial charge in [-0.25, -0.2) is 0 Å². The van der Waals surface area contributed by atoms with E-state index in [0.29, 0.717) is 0 Å². The van der Waals surface area contributed by atoms with Crippen LogP contribution in [0, 0.1) is 0 Å². The fourth-order valence-electron chi connectivity index (χ4n) is 0.204. The zero-order valence-electron chi connectivity index (χ0n) is 8.61. The van der Waals surface area contributed by atoms with Crippen molar-refractivity contribution in [1.82, 2.24) is 0 Å². The van der Waals surface area contributed by atoms with E-state index >= 15 is 0 Å². The molecular weight excluding hydrogens is 239 g/mol. The van der Waals surface area contributed by atoms with Crippen molar-refractivity contribution in [3.63, 3.8) is 0 Å². The van der Waals surface area contributed by atoms with Crippen LogP contribution in [0.4, 0.5) is 0 Å². The van der Waals surface area contributed by atoms with E-state index in [9.17, 15) is 0 Å². The molecule has 0 amide bonds. The van der Waals surface area contributed by atoms with Gasteiger partial charge in [-0.15, -0.1) is 0 Å². The van der Waals surface area contributed by atoms with Gasteiger partial charge in [-0.05, 0) is 18.3 Å². The molecule has 0 aliphatic heterocycles. The predicted octanol–water partition coefficient (Wildman–Crippen LogP) is 2.33. The molecule has 0 saturated heterocycles. The molecule has 0 spiro atoms. The molecule has 0 aliphatic rings. The minimum absolute atomic E-state index is 0. The Balaban J connectivity index is -0.0000000183. The Labute approximate surface area is 91.2 Å². The number of halogens is 1. The molecule has 0 aliphatic carbocycles. The summed E-state index contributed by atoms with van der Waals surface area (Å²) >= 11 is 2.29. The van der Waals surface area contributed by atoms with E-state index in [4.69, 9.17) is 4.74 Å². The third kappa shape index (κ3) is 44.0. The van der Waals surface area contributed by atoms with Gasteiger partial charge in [0, 0.05) is 13.2 Å². The zero-order valence-corrected chi connectivity index (χ0v) is 10.2. The monoisotopic (exact) mass is 256 g/mol. The topological polar surface area (TPSA) is 9.23 Å². The molecule has 0 saturated carbocycles. The molecule has 0 fully saturated rings. The normalized spacial score (nSPS) is 6.67. The summed E-state index contributed by atoms with van der Waals surface area (Å²) in [4.78, 5) is 0.